The molecule has 0 unspecified atom stereocenters. The van der Waals surface area contributed by atoms with Gasteiger partial charge >= 0.3 is 0 Å². The van der Waals surface area contributed by atoms with Crippen molar-refractivity contribution in [3.05, 3.63) is 29.3 Å². The zero-order valence-corrected chi connectivity index (χ0v) is 8.67. The lowest BCUT2D eigenvalue weighted by Crippen LogP contribution is -2.13. The van der Waals surface area contributed by atoms with Crippen molar-refractivity contribution in [2.45, 2.75) is 31.8 Å². The quantitative estimate of drug-likeness (QED) is 0.771. The van der Waals surface area contributed by atoms with Crippen molar-refractivity contribution < 1.29 is 13.5 Å². The van der Waals surface area contributed by atoms with E-state index in [0.29, 0.717) is 0 Å². The molecule has 2 nitrogen and oxygen atoms in total. The first-order valence-corrected chi connectivity index (χ1v) is 5.26. The molecule has 0 heterocycles. The average Bonchev–Trinajstić information content (AvgIpc) is 2.75. The number of hydrogen-bond donors (Lipinski definition) is 0. The molecule has 1 aromatic carbocycles. The zero-order valence-electron chi connectivity index (χ0n) is 8.67. The monoisotopic (exact) mass is 223 g/mol. The number of ether oxygens (including phenoxy) is 1. The Morgan fingerprint density at radius 3 is 2.25 bits per heavy atom. The van der Waals surface area contributed by atoms with E-state index in [1.807, 2.05) is 0 Å². The fraction of sp³-hybridized carbons (Fsp3) is 0.417. The van der Waals surface area contributed by atoms with Gasteiger partial charge in [0.05, 0.1) is 17.7 Å². The molecule has 2 rings (SSSR count). The molecule has 0 radical (unpaired) electrons. The molecule has 1 saturated carbocycles. The van der Waals surface area contributed by atoms with E-state index in [0.717, 1.165) is 37.8 Å². The van der Waals surface area contributed by atoms with E-state index in [9.17, 15) is 8.78 Å². The first kappa shape index (κ1) is 10.9. The van der Waals surface area contributed by atoms with Gasteiger partial charge in [-0.3, -0.25) is 0 Å². The highest BCUT2D eigenvalue weighted by Gasteiger charge is 2.21. The molecule has 84 valence electrons. The van der Waals surface area contributed by atoms with Crippen LogP contribution >= 0.6 is 0 Å². The minimum atomic E-state index is -0.802. The molecular formula is C12H11F2NO. The van der Waals surface area contributed by atoms with Crippen molar-refractivity contribution in [2.75, 3.05) is 0 Å². The van der Waals surface area contributed by atoms with Gasteiger partial charge in [-0.15, -0.1) is 0 Å². The SMILES string of the molecule is N#Cc1cc(F)c(OC2CCCC2)c(F)c1. The average molecular weight is 223 g/mol. The molecule has 0 spiro atoms. The molecule has 16 heavy (non-hydrogen) atoms. The lowest BCUT2D eigenvalue weighted by molar-refractivity contribution is 0.191. The summed E-state index contributed by atoms with van der Waals surface area (Å²) < 4.78 is 32.1. The molecule has 1 aliphatic rings. The van der Waals surface area contributed by atoms with Crippen LogP contribution in [-0.2, 0) is 0 Å². The van der Waals surface area contributed by atoms with Gasteiger partial charge in [0.25, 0.3) is 0 Å². The Morgan fingerprint density at radius 1 is 1.19 bits per heavy atom. The Labute approximate surface area is 92.5 Å². The third-order valence-corrected chi connectivity index (χ3v) is 2.71. The van der Waals surface area contributed by atoms with Crippen LogP contribution in [0.2, 0.25) is 0 Å². The summed E-state index contributed by atoms with van der Waals surface area (Å²) in [5, 5.41) is 8.54. The molecule has 0 bridgehead atoms. The first-order valence-electron chi connectivity index (χ1n) is 5.26. The van der Waals surface area contributed by atoms with Gasteiger partial charge in [0.1, 0.15) is 0 Å². The van der Waals surface area contributed by atoms with Crippen LogP contribution in [0.1, 0.15) is 31.2 Å². The summed E-state index contributed by atoms with van der Waals surface area (Å²) in [4.78, 5) is 0. The summed E-state index contributed by atoms with van der Waals surface area (Å²) in [5.74, 6) is -1.96. The van der Waals surface area contributed by atoms with Gasteiger partial charge in [-0.2, -0.15) is 5.26 Å². The maximum absolute atomic E-state index is 13.4. The number of halogens is 2. The molecule has 0 aromatic heterocycles. The van der Waals surface area contributed by atoms with E-state index >= 15 is 0 Å². The second kappa shape index (κ2) is 4.48. The van der Waals surface area contributed by atoms with Crippen molar-refractivity contribution in [1.82, 2.24) is 0 Å². The molecule has 1 fully saturated rings. The van der Waals surface area contributed by atoms with Crippen LogP contribution in [0.15, 0.2) is 12.1 Å². The third-order valence-electron chi connectivity index (χ3n) is 2.71. The van der Waals surface area contributed by atoms with Gasteiger partial charge in [0.15, 0.2) is 17.4 Å². The number of rotatable bonds is 2. The fourth-order valence-corrected chi connectivity index (χ4v) is 1.91. The maximum atomic E-state index is 13.4. The van der Waals surface area contributed by atoms with E-state index in [4.69, 9.17) is 10.00 Å². The summed E-state index contributed by atoms with van der Waals surface area (Å²) in [6.45, 7) is 0. The lowest BCUT2D eigenvalue weighted by atomic mass is 10.2. The summed E-state index contributed by atoms with van der Waals surface area (Å²) in [5.41, 5.74) is -0.0335. The van der Waals surface area contributed by atoms with Gasteiger partial charge in [-0.25, -0.2) is 8.78 Å². The van der Waals surface area contributed by atoms with Crippen molar-refractivity contribution in [2.24, 2.45) is 0 Å². The molecule has 0 atom stereocenters. The largest absolute Gasteiger partial charge is 0.484 e. The van der Waals surface area contributed by atoms with Crippen LogP contribution < -0.4 is 4.74 Å². The molecular weight excluding hydrogens is 212 g/mol. The Hall–Kier alpha value is -1.63. The minimum absolute atomic E-state index is 0.0335. The van der Waals surface area contributed by atoms with Gasteiger partial charge < -0.3 is 4.74 Å². The predicted molar refractivity (Wildman–Crippen MR) is 54.0 cm³/mol. The summed E-state index contributed by atoms with van der Waals surface area (Å²) in [6, 6.07) is 3.68. The van der Waals surface area contributed by atoms with E-state index in [1.165, 1.54) is 0 Å². The summed E-state index contributed by atoms with van der Waals surface area (Å²) >= 11 is 0. The van der Waals surface area contributed by atoms with E-state index in [2.05, 4.69) is 0 Å². The predicted octanol–water partition coefficient (Wildman–Crippen LogP) is 3.16. The highest BCUT2D eigenvalue weighted by atomic mass is 19.1. The van der Waals surface area contributed by atoms with Crippen LogP contribution in [0, 0.1) is 23.0 Å². The Morgan fingerprint density at radius 2 is 1.75 bits per heavy atom. The van der Waals surface area contributed by atoms with Gasteiger partial charge in [-0.1, -0.05) is 0 Å². The maximum Gasteiger partial charge on any atom is 0.191 e. The number of nitriles is 1. The smallest absolute Gasteiger partial charge is 0.191 e. The fourth-order valence-electron chi connectivity index (χ4n) is 1.91. The van der Waals surface area contributed by atoms with E-state index in [1.54, 1.807) is 6.07 Å². The van der Waals surface area contributed by atoms with Crippen LogP contribution in [0.25, 0.3) is 0 Å². The Bertz CT molecular complexity index is 410. The van der Waals surface area contributed by atoms with Gasteiger partial charge in [0.2, 0.25) is 0 Å². The summed E-state index contributed by atoms with van der Waals surface area (Å²) in [7, 11) is 0. The number of benzene rings is 1. The standard InChI is InChI=1S/C12H11F2NO/c13-10-5-8(7-15)6-11(14)12(10)16-9-3-1-2-4-9/h5-6,9H,1-4H2. The van der Waals surface area contributed by atoms with Crippen LogP contribution in [0.5, 0.6) is 5.75 Å². The molecule has 1 aromatic rings. The highest BCUT2D eigenvalue weighted by Crippen LogP contribution is 2.28. The van der Waals surface area contributed by atoms with Crippen molar-refractivity contribution in [1.29, 1.82) is 5.26 Å². The van der Waals surface area contributed by atoms with Crippen LogP contribution in [-0.4, -0.2) is 6.10 Å². The molecule has 0 N–H and O–H groups in total. The van der Waals surface area contributed by atoms with Crippen LogP contribution in [0.3, 0.4) is 0 Å². The van der Waals surface area contributed by atoms with Gasteiger partial charge in [-0.05, 0) is 37.8 Å². The Balaban J connectivity index is 2.23. The molecule has 0 saturated heterocycles. The second-order valence-electron chi connectivity index (χ2n) is 3.91. The zero-order chi connectivity index (χ0) is 11.5. The molecule has 1 aliphatic carbocycles. The molecule has 0 amide bonds. The Kier molecular flexibility index (Phi) is 3.04. The topological polar surface area (TPSA) is 33.0 Å². The first-order chi connectivity index (χ1) is 7.70. The summed E-state index contributed by atoms with van der Waals surface area (Å²) in [6.07, 6.45) is 3.63. The molecule has 0 aliphatic heterocycles. The van der Waals surface area contributed by atoms with Crippen molar-refractivity contribution in [3.63, 3.8) is 0 Å². The van der Waals surface area contributed by atoms with E-state index < -0.39 is 11.6 Å². The van der Waals surface area contributed by atoms with Crippen molar-refractivity contribution in [3.8, 4) is 11.8 Å². The highest BCUT2D eigenvalue weighted by molar-refractivity contribution is 5.37. The second-order valence-corrected chi connectivity index (χ2v) is 3.91. The normalized spacial score (nSPS) is 16.1. The van der Waals surface area contributed by atoms with Crippen molar-refractivity contribution >= 4 is 0 Å². The van der Waals surface area contributed by atoms with Gasteiger partial charge in [0, 0.05) is 0 Å². The minimum Gasteiger partial charge on any atom is -0.484 e. The van der Waals surface area contributed by atoms with Crippen LogP contribution in [0.4, 0.5) is 8.78 Å². The van der Waals surface area contributed by atoms with E-state index in [-0.39, 0.29) is 17.4 Å². The number of hydrogen-bond acceptors (Lipinski definition) is 2. The third kappa shape index (κ3) is 2.13. The molecule has 4 heteroatoms. The number of nitrogens with zero attached hydrogens (tertiary/aromatic N) is 1. The lowest BCUT2D eigenvalue weighted by Gasteiger charge is -2.14.